The van der Waals surface area contributed by atoms with Crippen molar-refractivity contribution in [3.63, 3.8) is 0 Å². The van der Waals surface area contributed by atoms with Crippen LogP contribution in [0.25, 0.3) is 0 Å². The molecule has 2 saturated heterocycles. The maximum atomic E-state index is 12.5. The summed E-state index contributed by atoms with van der Waals surface area (Å²) < 4.78 is 6.36. The Labute approximate surface area is 116 Å². The van der Waals surface area contributed by atoms with Gasteiger partial charge in [0.25, 0.3) is 5.91 Å². The topological polar surface area (TPSA) is 41.6 Å². The monoisotopic (exact) mass is 268 g/mol. The molecular formula is C15H28N2O2. The molecule has 4 nitrogen and oxygen atoms in total. The minimum atomic E-state index is -0.668. The van der Waals surface area contributed by atoms with E-state index in [4.69, 9.17) is 4.74 Å². The van der Waals surface area contributed by atoms with Gasteiger partial charge in [-0.15, -0.1) is 0 Å². The summed E-state index contributed by atoms with van der Waals surface area (Å²) in [6.45, 7) is 12.7. The van der Waals surface area contributed by atoms with Gasteiger partial charge >= 0.3 is 0 Å². The average molecular weight is 268 g/mol. The van der Waals surface area contributed by atoms with Gasteiger partial charge in [0, 0.05) is 31.0 Å². The lowest BCUT2D eigenvalue weighted by Gasteiger charge is -2.53. The lowest BCUT2D eigenvalue weighted by Crippen LogP contribution is -2.66. The minimum absolute atomic E-state index is 0.0463. The molecule has 0 aromatic carbocycles. The van der Waals surface area contributed by atoms with E-state index in [1.165, 1.54) is 0 Å². The van der Waals surface area contributed by atoms with E-state index in [-0.39, 0.29) is 17.0 Å². The van der Waals surface area contributed by atoms with Crippen LogP contribution in [0.5, 0.6) is 0 Å². The van der Waals surface area contributed by atoms with Gasteiger partial charge in [0.2, 0.25) is 0 Å². The van der Waals surface area contributed by atoms with E-state index in [1.54, 1.807) is 0 Å². The highest BCUT2D eigenvalue weighted by Crippen LogP contribution is 2.47. The number of nitrogens with one attached hydrogen (secondary N) is 1. The van der Waals surface area contributed by atoms with E-state index in [0.29, 0.717) is 6.42 Å². The molecule has 1 N–H and O–H groups in total. The summed E-state index contributed by atoms with van der Waals surface area (Å²) in [5.74, 6) is 0.114. The van der Waals surface area contributed by atoms with Gasteiger partial charge in [0.1, 0.15) is 11.3 Å². The second kappa shape index (κ2) is 3.95. The molecule has 19 heavy (non-hydrogen) atoms. The van der Waals surface area contributed by atoms with Crippen LogP contribution in [0.2, 0.25) is 0 Å². The van der Waals surface area contributed by atoms with Crippen molar-refractivity contribution in [3.8, 4) is 0 Å². The zero-order chi connectivity index (χ0) is 14.7. The van der Waals surface area contributed by atoms with Crippen molar-refractivity contribution >= 4 is 5.91 Å². The summed E-state index contributed by atoms with van der Waals surface area (Å²) in [6.07, 6.45) is 2.36. The van der Waals surface area contributed by atoms with Crippen molar-refractivity contribution in [1.29, 1.82) is 0 Å². The number of carbonyl (C=O) groups is 1. The Morgan fingerprint density at radius 2 is 1.63 bits per heavy atom. The van der Waals surface area contributed by atoms with Gasteiger partial charge in [-0.3, -0.25) is 4.79 Å². The number of nitrogens with zero attached hydrogens (tertiary/aromatic N) is 1. The molecule has 1 spiro atoms. The smallest absolute Gasteiger partial charge is 0.256 e. The third kappa shape index (κ3) is 2.29. The molecule has 0 radical (unpaired) electrons. The van der Waals surface area contributed by atoms with Crippen LogP contribution in [-0.2, 0) is 9.53 Å². The van der Waals surface area contributed by atoms with Crippen LogP contribution in [0, 0.1) is 0 Å². The average Bonchev–Trinajstić information content (AvgIpc) is 2.37. The summed E-state index contributed by atoms with van der Waals surface area (Å²) in [5, 5.41) is 3.65. The van der Waals surface area contributed by atoms with Crippen LogP contribution >= 0.6 is 0 Å². The quantitative estimate of drug-likeness (QED) is 0.793. The second-order valence-corrected chi connectivity index (χ2v) is 7.74. The first-order valence-electron chi connectivity index (χ1n) is 7.23. The molecule has 1 unspecified atom stereocenters. The third-order valence-corrected chi connectivity index (χ3v) is 4.57. The first-order valence-corrected chi connectivity index (χ1v) is 7.23. The molecule has 2 fully saturated rings. The summed E-state index contributed by atoms with van der Waals surface area (Å²) in [7, 11) is 1.89. The highest BCUT2D eigenvalue weighted by atomic mass is 16.6. The van der Waals surface area contributed by atoms with Gasteiger partial charge in [-0.25, -0.2) is 0 Å². The summed E-state index contributed by atoms with van der Waals surface area (Å²) in [4.78, 5) is 14.4. The van der Waals surface area contributed by atoms with Crippen molar-refractivity contribution in [2.75, 3.05) is 7.05 Å². The van der Waals surface area contributed by atoms with Crippen LogP contribution in [0.4, 0.5) is 0 Å². The maximum Gasteiger partial charge on any atom is 0.256 e. The van der Waals surface area contributed by atoms with Crippen molar-refractivity contribution in [3.05, 3.63) is 0 Å². The van der Waals surface area contributed by atoms with Crippen LogP contribution in [-0.4, -0.2) is 40.3 Å². The fourth-order valence-electron chi connectivity index (χ4n) is 4.05. The normalized spacial score (nSPS) is 35.9. The Morgan fingerprint density at radius 1 is 1.16 bits per heavy atom. The molecule has 2 heterocycles. The van der Waals surface area contributed by atoms with Gasteiger partial charge in [-0.05, 0) is 41.0 Å². The molecule has 0 saturated carbocycles. The van der Waals surface area contributed by atoms with Crippen molar-refractivity contribution in [1.82, 2.24) is 10.2 Å². The number of hydrogen-bond donors (Lipinski definition) is 1. The second-order valence-electron chi connectivity index (χ2n) is 7.74. The van der Waals surface area contributed by atoms with Gasteiger partial charge in [-0.1, -0.05) is 6.92 Å². The zero-order valence-electron chi connectivity index (χ0n) is 13.4. The Balaban J connectivity index is 2.41. The molecular weight excluding hydrogens is 240 g/mol. The Kier molecular flexibility index (Phi) is 3.08. The lowest BCUT2D eigenvalue weighted by atomic mass is 9.77. The predicted octanol–water partition coefficient (Wildman–Crippen LogP) is 2.28. The number of likely N-dealkylation sites (N-methyl/N-ethyl adjacent to an activating group) is 1. The van der Waals surface area contributed by atoms with Gasteiger partial charge < -0.3 is 15.0 Å². The number of amides is 1. The molecule has 0 aromatic rings. The van der Waals surface area contributed by atoms with Crippen LogP contribution < -0.4 is 5.32 Å². The van der Waals surface area contributed by atoms with E-state index in [9.17, 15) is 4.79 Å². The molecule has 0 aliphatic carbocycles. The number of carbonyl (C=O) groups excluding carboxylic acids is 1. The Bertz CT molecular complexity index is 387. The fraction of sp³-hybridized carbons (Fsp3) is 0.933. The molecule has 2 aliphatic rings. The molecule has 2 rings (SSSR count). The standard InChI is InChI=1S/C15H28N2O2/c1-8-14(6)11(18)17(7)15(19-14)9-12(2,3)16-13(4,5)10-15/h16H,8-10H2,1-7H3. The zero-order valence-corrected chi connectivity index (χ0v) is 13.4. The van der Waals surface area contributed by atoms with E-state index in [1.807, 2.05) is 25.8 Å². The Hall–Kier alpha value is -0.610. The van der Waals surface area contributed by atoms with Crippen molar-refractivity contribution in [2.24, 2.45) is 0 Å². The highest BCUT2D eigenvalue weighted by molar-refractivity contribution is 5.87. The van der Waals surface area contributed by atoms with Crippen LogP contribution in [0.1, 0.15) is 60.8 Å². The third-order valence-electron chi connectivity index (χ3n) is 4.57. The summed E-state index contributed by atoms with van der Waals surface area (Å²) in [6, 6.07) is 0. The number of piperidine rings is 1. The molecule has 2 aliphatic heterocycles. The highest BCUT2D eigenvalue weighted by Gasteiger charge is 2.61. The summed E-state index contributed by atoms with van der Waals surface area (Å²) >= 11 is 0. The molecule has 4 heteroatoms. The van der Waals surface area contributed by atoms with Crippen molar-refractivity contribution in [2.45, 2.75) is 83.2 Å². The van der Waals surface area contributed by atoms with E-state index in [2.05, 4.69) is 33.0 Å². The summed E-state index contributed by atoms with van der Waals surface area (Å²) in [5.41, 5.74) is -1.23. The fourth-order valence-corrected chi connectivity index (χ4v) is 4.05. The molecule has 1 atom stereocenters. The maximum absolute atomic E-state index is 12.5. The molecule has 1 amide bonds. The van der Waals surface area contributed by atoms with Gasteiger partial charge in [0.05, 0.1) is 0 Å². The van der Waals surface area contributed by atoms with Gasteiger partial charge in [0.15, 0.2) is 0 Å². The Morgan fingerprint density at radius 3 is 2.00 bits per heavy atom. The predicted molar refractivity (Wildman–Crippen MR) is 75.8 cm³/mol. The first kappa shape index (κ1) is 14.8. The molecule has 0 bridgehead atoms. The van der Waals surface area contributed by atoms with Crippen LogP contribution in [0.15, 0.2) is 0 Å². The number of rotatable bonds is 1. The van der Waals surface area contributed by atoms with E-state index in [0.717, 1.165) is 12.8 Å². The number of hydrogen-bond acceptors (Lipinski definition) is 3. The minimum Gasteiger partial charge on any atom is -0.339 e. The number of ether oxygens (including phenoxy) is 1. The van der Waals surface area contributed by atoms with E-state index < -0.39 is 11.3 Å². The largest absolute Gasteiger partial charge is 0.339 e. The SMILES string of the molecule is CCC1(C)OC2(CC(C)(C)NC(C)(C)C2)N(C)C1=O. The lowest BCUT2D eigenvalue weighted by molar-refractivity contribution is -0.176. The van der Waals surface area contributed by atoms with Crippen LogP contribution in [0.3, 0.4) is 0 Å². The van der Waals surface area contributed by atoms with Crippen molar-refractivity contribution < 1.29 is 9.53 Å². The molecule has 110 valence electrons. The van der Waals surface area contributed by atoms with Gasteiger partial charge in [-0.2, -0.15) is 0 Å². The van der Waals surface area contributed by atoms with E-state index >= 15 is 0 Å². The first-order chi connectivity index (χ1) is 8.45. The molecule has 0 aromatic heterocycles.